The molecule has 0 heterocycles. The Morgan fingerprint density at radius 3 is 1.50 bits per heavy atom. The van der Waals surface area contributed by atoms with Gasteiger partial charge in [0.15, 0.2) is 0 Å². The van der Waals surface area contributed by atoms with Crippen molar-refractivity contribution >= 4 is 64.8 Å². The van der Waals surface area contributed by atoms with Crippen LogP contribution in [0.5, 0.6) is 0 Å². The molecule has 94 valence electrons. The van der Waals surface area contributed by atoms with Crippen LogP contribution in [0.2, 0.25) is 0 Å². The monoisotopic (exact) mass is 404 g/mol. The summed E-state index contributed by atoms with van der Waals surface area (Å²) in [5.74, 6) is 0. The molecule has 0 aliphatic carbocycles. The van der Waals surface area contributed by atoms with Crippen LogP contribution in [0.1, 0.15) is 0 Å². The fourth-order valence-electron chi connectivity index (χ4n) is 1.27. The van der Waals surface area contributed by atoms with Crippen molar-refractivity contribution in [1.82, 2.24) is 0 Å². The first-order chi connectivity index (χ1) is 8.59. The highest BCUT2D eigenvalue weighted by atomic mass is 79.9. The Hall–Kier alpha value is -0.300. The number of anilines is 2. The summed E-state index contributed by atoms with van der Waals surface area (Å²) in [6.07, 6.45) is 0. The van der Waals surface area contributed by atoms with Crippen molar-refractivity contribution < 1.29 is 0 Å². The van der Waals surface area contributed by atoms with Gasteiger partial charge in [0.05, 0.1) is 11.4 Å². The lowest BCUT2D eigenvalue weighted by atomic mass is 10.3. The molecule has 0 fully saturated rings. The summed E-state index contributed by atoms with van der Waals surface area (Å²) in [7, 11) is 3.20. The highest BCUT2D eigenvalue weighted by molar-refractivity contribution is 9.11. The zero-order valence-electron chi connectivity index (χ0n) is 9.19. The molecular weight excluding hydrogens is 396 g/mol. The normalized spacial score (nSPS) is 10.6. The molecule has 2 nitrogen and oxygen atoms in total. The van der Waals surface area contributed by atoms with Crippen LogP contribution in [-0.2, 0) is 0 Å². The van der Waals surface area contributed by atoms with E-state index in [1.54, 1.807) is 21.6 Å². The first-order valence-corrected chi connectivity index (χ1v) is 8.75. The summed E-state index contributed by atoms with van der Waals surface area (Å²) < 4.78 is 1.82. The smallest absolute Gasteiger partial charge is 0.0605 e. The molecule has 4 N–H and O–H groups in total. The summed E-state index contributed by atoms with van der Waals surface area (Å²) in [6.45, 7) is 0. The van der Waals surface area contributed by atoms with Gasteiger partial charge in [0.1, 0.15) is 0 Å². The van der Waals surface area contributed by atoms with Gasteiger partial charge in [-0.05, 0) is 56.1 Å². The van der Waals surface area contributed by atoms with Crippen LogP contribution in [-0.4, -0.2) is 0 Å². The number of hydrogen-bond donors (Lipinski definition) is 2. The van der Waals surface area contributed by atoms with Gasteiger partial charge in [0.25, 0.3) is 0 Å². The van der Waals surface area contributed by atoms with Gasteiger partial charge in [-0.15, -0.1) is 0 Å². The lowest BCUT2D eigenvalue weighted by Gasteiger charge is -2.08. The molecule has 2 aromatic rings. The predicted octanol–water partition coefficient (Wildman–Crippen LogP) is 5.18. The fraction of sp³-hybridized carbons (Fsp3) is 0. The number of benzene rings is 2. The summed E-state index contributed by atoms with van der Waals surface area (Å²) in [6, 6.07) is 11.8. The van der Waals surface area contributed by atoms with Crippen molar-refractivity contribution in [2.75, 3.05) is 11.5 Å². The Balaban J connectivity index is 2.17. The van der Waals surface area contributed by atoms with Gasteiger partial charge < -0.3 is 11.5 Å². The van der Waals surface area contributed by atoms with Crippen LogP contribution >= 0.6 is 53.4 Å². The molecule has 0 bridgehead atoms. The van der Waals surface area contributed by atoms with E-state index < -0.39 is 0 Å². The lowest BCUT2D eigenvalue weighted by molar-refractivity contribution is 1.44. The number of nitrogens with two attached hydrogens (primary N) is 2. The molecule has 0 amide bonds. The van der Waals surface area contributed by atoms with Crippen LogP contribution in [0, 0.1) is 0 Å². The molecule has 0 spiro atoms. The zero-order valence-corrected chi connectivity index (χ0v) is 14.0. The molecule has 0 aromatic heterocycles. The topological polar surface area (TPSA) is 52.0 Å². The summed E-state index contributed by atoms with van der Waals surface area (Å²) in [5, 5.41) is 0. The average Bonchev–Trinajstić information content (AvgIpc) is 2.36. The first kappa shape index (κ1) is 14.1. The minimum Gasteiger partial charge on any atom is -0.397 e. The van der Waals surface area contributed by atoms with E-state index in [4.69, 9.17) is 11.5 Å². The SMILES string of the molecule is Nc1c(Br)cccc1SSc1cccc(Br)c1N. The quantitative estimate of drug-likeness (QED) is 0.545. The molecule has 2 aromatic carbocycles. The predicted molar refractivity (Wildman–Crippen MR) is 88.8 cm³/mol. The van der Waals surface area contributed by atoms with Gasteiger partial charge in [-0.1, -0.05) is 33.7 Å². The van der Waals surface area contributed by atoms with Crippen molar-refractivity contribution in [3.63, 3.8) is 0 Å². The van der Waals surface area contributed by atoms with E-state index in [-0.39, 0.29) is 0 Å². The summed E-state index contributed by atoms with van der Waals surface area (Å²) >= 11 is 6.84. The largest absolute Gasteiger partial charge is 0.397 e. The summed E-state index contributed by atoms with van der Waals surface area (Å²) in [4.78, 5) is 2.04. The molecule has 0 aliphatic rings. The molecule has 0 unspecified atom stereocenters. The maximum Gasteiger partial charge on any atom is 0.0605 e. The second-order valence-corrected chi connectivity index (χ2v) is 7.39. The highest BCUT2D eigenvalue weighted by Gasteiger charge is 2.07. The van der Waals surface area contributed by atoms with Crippen LogP contribution in [0.15, 0.2) is 55.1 Å². The van der Waals surface area contributed by atoms with Crippen molar-refractivity contribution in [1.29, 1.82) is 0 Å². The maximum atomic E-state index is 5.99. The number of nitrogen functional groups attached to an aromatic ring is 2. The van der Waals surface area contributed by atoms with Gasteiger partial charge in [-0.2, -0.15) is 0 Å². The number of halogens is 2. The molecule has 6 heteroatoms. The van der Waals surface area contributed by atoms with Crippen molar-refractivity contribution in [3.05, 3.63) is 45.3 Å². The number of hydrogen-bond acceptors (Lipinski definition) is 4. The van der Waals surface area contributed by atoms with E-state index in [0.29, 0.717) is 0 Å². The molecule has 0 saturated carbocycles. The standard InChI is InChI=1S/C12H10Br2N2S2/c13-7-3-1-5-9(11(7)15)17-18-10-6-2-4-8(14)12(10)16/h1-6H,15-16H2. The van der Waals surface area contributed by atoms with Gasteiger partial charge >= 0.3 is 0 Å². The van der Waals surface area contributed by atoms with E-state index in [1.807, 2.05) is 36.4 Å². The molecule has 0 atom stereocenters. The lowest BCUT2D eigenvalue weighted by Crippen LogP contribution is -1.90. The van der Waals surface area contributed by atoms with E-state index in [0.717, 1.165) is 30.1 Å². The second-order valence-electron chi connectivity index (χ2n) is 3.47. The van der Waals surface area contributed by atoms with Crippen LogP contribution in [0.25, 0.3) is 0 Å². The molecule has 2 rings (SSSR count). The van der Waals surface area contributed by atoms with E-state index in [9.17, 15) is 0 Å². The van der Waals surface area contributed by atoms with E-state index in [1.165, 1.54) is 0 Å². The Bertz CT molecular complexity index is 524. The molecule has 0 aliphatic heterocycles. The van der Waals surface area contributed by atoms with Crippen molar-refractivity contribution in [3.8, 4) is 0 Å². The van der Waals surface area contributed by atoms with Gasteiger partial charge in [-0.25, -0.2) is 0 Å². The van der Waals surface area contributed by atoms with Gasteiger partial charge in [0.2, 0.25) is 0 Å². The third-order valence-corrected chi connectivity index (χ3v) is 6.11. The first-order valence-electron chi connectivity index (χ1n) is 5.02. The molecular formula is C12H10Br2N2S2. The second kappa shape index (κ2) is 6.23. The number of rotatable bonds is 3. The summed E-state index contributed by atoms with van der Waals surface area (Å²) in [5.41, 5.74) is 13.5. The molecule has 0 radical (unpaired) electrons. The Kier molecular flexibility index (Phi) is 4.89. The van der Waals surface area contributed by atoms with Gasteiger partial charge in [0, 0.05) is 18.7 Å². The highest BCUT2D eigenvalue weighted by Crippen LogP contribution is 2.44. The zero-order chi connectivity index (χ0) is 13.1. The third kappa shape index (κ3) is 3.17. The Morgan fingerprint density at radius 2 is 1.11 bits per heavy atom. The minimum atomic E-state index is 0.753. The van der Waals surface area contributed by atoms with E-state index in [2.05, 4.69) is 31.9 Å². The third-order valence-electron chi connectivity index (χ3n) is 2.25. The fourth-order valence-corrected chi connectivity index (χ4v) is 4.52. The molecule has 0 saturated heterocycles. The van der Waals surface area contributed by atoms with E-state index >= 15 is 0 Å². The van der Waals surface area contributed by atoms with Gasteiger partial charge in [-0.3, -0.25) is 0 Å². The maximum absolute atomic E-state index is 5.99. The van der Waals surface area contributed by atoms with Crippen LogP contribution in [0.4, 0.5) is 11.4 Å². The average molecular weight is 406 g/mol. The minimum absolute atomic E-state index is 0.753. The van der Waals surface area contributed by atoms with Crippen molar-refractivity contribution in [2.24, 2.45) is 0 Å². The number of para-hydroxylation sites is 2. The van der Waals surface area contributed by atoms with Crippen LogP contribution in [0.3, 0.4) is 0 Å². The van der Waals surface area contributed by atoms with Crippen LogP contribution < -0.4 is 11.5 Å². The Morgan fingerprint density at radius 1 is 0.722 bits per heavy atom. The molecule has 18 heavy (non-hydrogen) atoms. The Labute approximate surface area is 131 Å². The van der Waals surface area contributed by atoms with Crippen molar-refractivity contribution in [2.45, 2.75) is 9.79 Å².